The molecule has 0 unspecified atom stereocenters. The first-order valence-electron chi connectivity index (χ1n) is 33.3. The molecule has 4 aliphatic heterocycles. The smallest absolute Gasteiger partial charge is 0.251 e. The van der Waals surface area contributed by atoms with Gasteiger partial charge in [-0.3, -0.25) is 9.69 Å². The lowest BCUT2D eigenvalue weighted by atomic mass is 9.81. The van der Waals surface area contributed by atoms with Crippen LogP contribution in [0.5, 0.6) is 11.5 Å². The van der Waals surface area contributed by atoms with E-state index < -0.39 is 15.2 Å². The Balaban J connectivity index is 0.000000192. The molecule has 2 saturated heterocycles. The molecule has 4 aromatic carbocycles. The molecule has 6 aliphatic rings. The molecule has 14 heteroatoms. The van der Waals surface area contributed by atoms with E-state index in [0.29, 0.717) is 31.5 Å². The molecule has 1 amide bonds. The molecule has 4 fully saturated rings. The van der Waals surface area contributed by atoms with Gasteiger partial charge in [-0.15, -0.1) is 0 Å². The maximum atomic E-state index is 14.5. The van der Waals surface area contributed by atoms with Gasteiger partial charge >= 0.3 is 0 Å². The summed E-state index contributed by atoms with van der Waals surface area (Å²) in [7, 11) is 3.67. The van der Waals surface area contributed by atoms with Crippen molar-refractivity contribution in [1.82, 2.24) is 37.6 Å². The van der Waals surface area contributed by atoms with E-state index in [9.17, 15) is 9.18 Å². The number of piperazine rings is 1. The van der Waals surface area contributed by atoms with Gasteiger partial charge < -0.3 is 37.9 Å². The third-order valence-electron chi connectivity index (χ3n) is 19.8. The van der Waals surface area contributed by atoms with Crippen molar-refractivity contribution in [1.29, 1.82) is 0 Å². The monoisotopic (exact) mass is 1250 g/mol. The number of fused-ring (bicyclic) bond motifs is 10. The van der Waals surface area contributed by atoms with Gasteiger partial charge in [-0.2, -0.15) is 0 Å². The summed E-state index contributed by atoms with van der Waals surface area (Å²) in [5.41, 5.74) is 18.3. The standard InChI is InChI=1S/C43H58FN5OS.C33H41N3O2S/c1-31(45-51(6,7)48-20-12-9-13-21-48)34-16-18-39-40(28-34)49-29-36(32(2)47-24-22-46(23-25-47)30-43(3,4)44)26-35-27-37(50-5)17-19-38(35)42(49)41(39)33-14-10-8-11-15-33;1-6-7-17-35(3)33(37)26-18-25-19-27(38-4)14-16-28(25)32-31(23-11-9-8-10-12-23)29-15-13-24(22(2)34-39-5)20-30(29)36(32)21-26/h16-19,26-28,33,45H,1-2,6-15,20-25,29-30H2,3-5H3;13-16,18-20,23,34H,2,6-12,17,21H2,1,3-5H3. The molecule has 0 bridgehead atoms. The lowest BCUT2D eigenvalue weighted by molar-refractivity contribution is -0.126. The average Bonchev–Trinajstić information content (AvgIpc) is 1.58. The van der Waals surface area contributed by atoms with Gasteiger partial charge in [-0.25, -0.2) is 8.70 Å². The number of carbonyl (C=O) groups is 1. The predicted octanol–water partition coefficient (Wildman–Crippen LogP) is 17.0. The van der Waals surface area contributed by atoms with Crippen molar-refractivity contribution >= 4 is 84.5 Å². The minimum Gasteiger partial charge on any atom is -0.497 e. The van der Waals surface area contributed by atoms with E-state index in [1.54, 1.807) is 40.0 Å². The number of hydrogen-bond donors (Lipinski definition) is 2. The second-order valence-corrected chi connectivity index (χ2v) is 29.8. The predicted molar refractivity (Wildman–Crippen MR) is 385 cm³/mol. The van der Waals surface area contributed by atoms with Crippen LogP contribution >= 0.6 is 21.5 Å². The summed E-state index contributed by atoms with van der Waals surface area (Å²) in [6.45, 7) is 26.9. The number of aromatic nitrogens is 2. The third-order valence-corrected chi connectivity index (χ3v) is 22.2. The molecule has 2 aliphatic carbocycles. The molecule has 0 radical (unpaired) electrons. The van der Waals surface area contributed by atoms with Crippen LogP contribution in [0.1, 0.15) is 162 Å². The minimum atomic E-state index is -1.70. The molecule has 0 atom stereocenters. The van der Waals surface area contributed by atoms with Gasteiger partial charge in [0.1, 0.15) is 17.2 Å². The second kappa shape index (κ2) is 28.1. The van der Waals surface area contributed by atoms with Crippen molar-refractivity contribution in [3.05, 3.63) is 143 Å². The summed E-state index contributed by atoms with van der Waals surface area (Å²) in [4.78, 5) is 20.3. The Bertz CT molecular complexity index is 3840. The van der Waals surface area contributed by atoms with Crippen LogP contribution < -0.4 is 18.9 Å². The highest BCUT2D eigenvalue weighted by molar-refractivity contribution is 8.24. The van der Waals surface area contributed by atoms with E-state index in [-0.39, 0.29) is 5.91 Å². The molecular weight excluding hydrogens is 1160 g/mol. The molecule has 12 rings (SSSR count). The third kappa shape index (κ3) is 13.9. The Kier molecular flexibility index (Phi) is 20.3. The molecule has 2 N–H and O–H groups in total. The number of nitrogens with zero attached hydrogens (tertiary/aromatic N) is 6. The van der Waals surface area contributed by atoms with Gasteiger partial charge in [0.05, 0.1) is 38.7 Å². The first-order valence-corrected chi connectivity index (χ1v) is 36.4. The Labute approximate surface area is 542 Å². The molecule has 2 saturated carbocycles. The average molecular weight is 1260 g/mol. The zero-order valence-electron chi connectivity index (χ0n) is 55.1. The van der Waals surface area contributed by atoms with Crippen LogP contribution in [0.3, 0.4) is 0 Å². The number of carbonyl (C=O) groups excluding carboxylic acids is 1. The van der Waals surface area contributed by atoms with Crippen molar-refractivity contribution < 1.29 is 18.7 Å². The van der Waals surface area contributed by atoms with Gasteiger partial charge in [0.15, 0.2) is 0 Å². The quantitative estimate of drug-likeness (QED) is 0.0609. The molecule has 90 heavy (non-hydrogen) atoms. The SMILES string of the molecule is C=C(NS(=C)(=C)N1CCCCC1)c1ccc2c(C3CCCCC3)c3n(c2c1)CC(C(=C)N1CCN(CC(C)(C)F)CC1)=Cc1cc(OC)ccc1-3.C=C(NSC)c1ccc2c(C3CCCCC3)c3n(c2c1)CC(C(=O)N(C)CCCC)=Cc1cc(OC)ccc1-3. The number of benzene rings is 4. The number of rotatable bonds is 19. The fourth-order valence-corrected chi connectivity index (χ4v) is 17.2. The van der Waals surface area contributed by atoms with E-state index >= 15 is 0 Å². The number of methoxy groups -OCH3 is 2. The number of unbranched alkanes of at least 4 members (excludes halogenated alkanes) is 1. The summed E-state index contributed by atoms with van der Waals surface area (Å²) in [5, 5.41) is 2.64. The number of alkyl halides is 1. The Hall–Kier alpha value is -6.58. The van der Waals surface area contributed by atoms with Crippen molar-refractivity contribution in [3.63, 3.8) is 0 Å². The minimum absolute atomic E-state index is 0.0933. The fourth-order valence-electron chi connectivity index (χ4n) is 15.2. The summed E-state index contributed by atoms with van der Waals surface area (Å²) in [6.07, 6.45) is 24.7. The van der Waals surface area contributed by atoms with Crippen molar-refractivity contribution in [2.24, 2.45) is 0 Å². The summed E-state index contributed by atoms with van der Waals surface area (Å²) < 4.78 is 40.3. The number of piperidine rings is 1. The molecule has 480 valence electrons. The lowest BCUT2D eigenvalue weighted by Gasteiger charge is -2.39. The molecular formula is C76H99FN8O3S2. The van der Waals surface area contributed by atoms with E-state index in [1.165, 1.54) is 144 Å². The van der Waals surface area contributed by atoms with Gasteiger partial charge in [-0.05, 0) is 182 Å². The van der Waals surface area contributed by atoms with Gasteiger partial charge in [0, 0.05) is 121 Å². The number of amides is 1. The maximum absolute atomic E-state index is 14.5. The number of allylic oxidation sites excluding steroid dienone is 1. The highest BCUT2D eigenvalue weighted by Gasteiger charge is 2.34. The maximum Gasteiger partial charge on any atom is 0.251 e. The van der Waals surface area contributed by atoms with E-state index in [2.05, 4.69) is 149 Å². The van der Waals surface area contributed by atoms with E-state index in [4.69, 9.17) is 16.1 Å². The number of likely N-dealkylation sites (N-methyl/N-ethyl adjacent to an activating group) is 1. The molecule has 6 heterocycles. The van der Waals surface area contributed by atoms with Crippen LogP contribution in [0.25, 0.3) is 67.9 Å². The van der Waals surface area contributed by atoms with Crippen molar-refractivity contribution in [3.8, 4) is 34.0 Å². The fraction of sp³-hybridized carbons (Fsp3) is 0.461. The molecule has 11 nitrogen and oxygen atoms in total. The van der Waals surface area contributed by atoms with Crippen LogP contribution in [0, 0.1) is 0 Å². The topological polar surface area (TPSA) is 82.4 Å². The largest absolute Gasteiger partial charge is 0.497 e. The van der Waals surface area contributed by atoms with E-state index in [0.717, 1.165) is 115 Å². The van der Waals surface area contributed by atoms with Crippen LogP contribution in [-0.2, 0) is 17.9 Å². The first kappa shape index (κ1) is 64.9. The number of hydrogen-bond acceptors (Lipinski definition) is 9. The highest BCUT2D eigenvalue weighted by Crippen LogP contribution is 2.50. The lowest BCUT2D eigenvalue weighted by Crippen LogP contribution is -2.49. The first-order chi connectivity index (χ1) is 43.4. The molecule has 6 aromatic rings. The second-order valence-electron chi connectivity index (χ2n) is 26.8. The zero-order chi connectivity index (χ0) is 63.4. The van der Waals surface area contributed by atoms with Gasteiger partial charge in [-0.1, -0.05) is 124 Å². The normalized spacial score (nSPS) is 17.7. The molecule has 0 spiro atoms. The summed E-state index contributed by atoms with van der Waals surface area (Å²) in [6, 6.07) is 26.5. The van der Waals surface area contributed by atoms with E-state index in [1.807, 2.05) is 18.2 Å². The Morgan fingerprint density at radius 1 is 0.678 bits per heavy atom. The number of nitrogens with one attached hydrogen (secondary N) is 2. The summed E-state index contributed by atoms with van der Waals surface area (Å²) >= 11 is 1.55. The van der Waals surface area contributed by atoms with Crippen molar-refractivity contribution in [2.75, 3.05) is 79.9 Å². The van der Waals surface area contributed by atoms with Crippen LogP contribution in [-0.4, -0.2) is 131 Å². The zero-order valence-corrected chi connectivity index (χ0v) is 56.7. The van der Waals surface area contributed by atoms with Gasteiger partial charge in [0.2, 0.25) is 0 Å². The van der Waals surface area contributed by atoms with Crippen LogP contribution in [0.2, 0.25) is 0 Å². The van der Waals surface area contributed by atoms with Crippen molar-refractivity contribution in [2.45, 2.75) is 148 Å². The van der Waals surface area contributed by atoms with Gasteiger partial charge in [0.25, 0.3) is 5.91 Å². The Morgan fingerprint density at radius 2 is 1.18 bits per heavy atom. The van der Waals surface area contributed by atoms with Crippen LogP contribution in [0.15, 0.2) is 109 Å². The Morgan fingerprint density at radius 3 is 1.68 bits per heavy atom. The molecule has 2 aromatic heterocycles. The summed E-state index contributed by atoms with van der Waals surface area (Å²) in [5.74, 6) is 11.9. The number of halogens is 1. The van der Waals surface area contributed by atoms with Crippen LogP contribution in [0.4, 0.5) is 4.39 Å². The number of ether oxygens (including phenoxy) is 2. The highest BCUT2D eigenvalue weighted by atomic mass is 32.2.